The first-order chi connectivity index (χ1) is 9.54. The fourth-order valence-corrected chi connectivity index (χ4v) is 2.21. The summed E-state index contributed by atoms with van der Waals surface area (Å²) in [6, 6.07) is 4.82. The molecule has 0 spiro atoms. The van der Waals surface area contributed by atoms with Gasteiger partial charge in [0.2, 0.25) is 0 Å². The van der Waals surface area contributed by atoms with Gasteiger partial charge in [-0.15, -0.1) is 0 Å². The third-order valence-corrected chi connectivity index (χ3v) is 3.26. The Morgan fingerprint density at radius 1 is 1.15 bits per heavy atom. The highest BCUT2D eigenvalue weighted by molar-refractivity contribution is 5.81. The number of fused-ring (bicyclic) bond motifs is 1. The third-order valence-electron chi connectivity index (χ3n) is 3.26. The monoisotopic (exact) mass is 280 g/mol. The van der Waals surface area contributed by atoms with Gasteiger partial charge in [0.15, 0.2) is 0 Å². The fraction of sp³-hybridized carbons (Fsp3) is 0.286. The number of aliphatic imine (C=N–C) groups is 1. The van der Waals surface area contributed by atoms with Crippen LogP contribution in [0, 0.1) is 0 Å². The summed E-state index contributed by atoms with van der Waals surface area (Å²) in [5, 5.41) is 3.92. The summed E-state index contributed by atoms with van der Waals surface area (Å²) >= 11 is 0. The summed E-state index contributed by atoms with van der Waals surface area (Å²) in [5.74, 6) is 0.456. The average molecular weight is 280 g/mol. The van der Waals surface area contributed by atoms with Crippen molar-refractivity contribution in [3.05, 3.63) is 46.6 Å². The maximum Gasteiger partial charge on any atom is 0.416 e. The molecule has 1 aliphatic carbocycles. The lowest BCUT2D eigenvalue weighted by Crippen LogP contribution is -2.04. The molecule has 0 bridgehead atoms. The van der Waals surface area contributed by atoms with Crippen LogP contribution in [-0.4, -0.2) is 11.4 Å². The Bertz CT molecular complexity index is 641. The zero-order valence-corrected chi connectivity index (χ0v) is 10.4. The molecule has 0 saturated heterocycles. The van der Waals surface area contributed by atoms with E-state index in [4.69, 9.17) is 4.52 Å². The van der Waals surface area contributed by atoms with Crippen molar-refractivity contribution in [1.82, 2.24) is 5.16 Å². The normalized spacial score (nSPS) is 14.9. The highest BCUT2D eigenvalue weighted by Gasteiger charge is 2.29. The number of halogens is 3. The molecule has 3 nitrogen and oxygen atoms in total. The smallest absolute Gasteiger partial charge is 0.336 e. The van der Waals surface area contributed by atoms with Gasteiger partial charge >= 0.3 is 6.18 Å². The van der Waals surface area contributed by atoms with E-state index in [2.05, 4.69) is 10.1 Å². The molecular formula is C14H11F3N2O. The molecule has 6 heteroatoms. The van der Waals surface area contributed by atoms with Gasteiger partial charge in [-0.2, -0.15) is 13.2 Å². The van der Waals surface area contributed by atoms with E-state index in [1.807, 2.05) is 0 Å². The number of rotatable bonds is 2. The van der Waals surface area contributed by atoms with Crippen molar-refractivity contribution in [1.29, 1.82) is 0 Å². The van der Waals surface area contributed by atoms with Crippen molar-refractivity contribution in [2.45, 2.75) is 25.4 Å². The van der Waals surface area contributed by atoms with Crippen molar-refractivity contribution in [3.8, 4) is 0 Å². The maximum atomic E-state index is 12.4. The number of alkyl halides is 3. The van der Waals surface area contributed by atoms with E-state index in [9.17, 15) is 13.2 Å². The van der Waals surface area contributed by atoms with Crippen molar-refractivity contribution < 1.29 is 17.7 Å². The molecule has 3 rings (SSSR count). The quantitative estimate of drug-likeness (QED) is 0.782. The van der Waals surface area contributed by atoms with Crippen LogP contribution in [0.25, 0.3) is 0 Å². The number of aryl methyl sites for hydroxylation is 1. The summed E-state index contributed by atoms with van der Waals surface area (Å²) < 4.78 is 42.4. The Balaban J connectivity index is 1.79. The van der Waals surface area contributed by atoms with E-state index in [0.29, 0.717) is 11.4 Å². The van der Waals surface area contributed by atoms with Crippen LogP contribution in [0.1, 0.15) is 28.8 Å². The summed E-state index contributed by atoms with van der Waals surface area (Å²) in [6.45, 7) is 0. The number of hydrogen-bond acceptors (Lipinski definition) is 3. The van der Waals surface area contributed by atoms with Crippen molar-refractivity contribution >= 4 is 12.1 Å². The standard InChI is InChI=1S/C14H11F3N2O/c15-14(16,17)10-6-4-9(5-7-10)8-18-13-11-2-1-3-12(11)19-20-13/h4-8H,1-3H2. The van der Waals surface area contributed by atoms with Crippen LogP contribution in [0.5, 0.6) is 0 Å². The minimum absolute atomic E-state index is 0.456. The molecule has 0 saturated carbocycles. The minimum Gasteiger partial charge on any atom is -0.336 e. The lowest BCUT2D eigenvalue weighted by molar-refractivity contribution is -0.137. The first kappa shape index (κ1) is 12.9. The van der Waals surface area contributed by atoms with Gasteiger partial charge < -0.3 is 4.52 Å². The van der Waals surface area contributed by atoms with Gasteiger partial charge in [-0.1, -0.05) is 17.3 Å². The van der Waals surface area contributed by atoms with Crippen molar-refractivity contribution in [3.63, 3.8) is 0 Å². The van der Waals surface area contributed by atoms with Crippen LogP contribution in [0.4, 0.5) is 19.1 Å². The minimum atomic E-state index is -4.32. The highest BCUT2D eigenvalue weighted by atomic mass is 19.4. The number of hydrogen-bond donors (Lipinski definition) is 0. The highest BCUT2D eigenvalue weighted by Crippen LogP contribution is 2.31. The van der Waals surface area contributed by atoms with Gasteiger partial charge in [0.25, 0.3) is 5.88 Å². The summed E-state index contributed by atoms with van der Waals surface area (Å²) in [6.07, 6.45) is -0.00925. The Morgan fingerprint density at radius 3 is 2.60 bits per heavy atom. The van der Waals surface area contributed by atoms with E-state index in [1.54, 1.807) is 0 Å². The van der Waals surface area contributed by atoms with E-state index in [-0.39, 0.29) is 0 Å². The van der Waals surface area contributed by atoms with Crippen molar-refractivity contribution in [2.75, 3.05) is 0 Å². The van der Waals surface area contributed by atoms with Crippen LogP contribution >= 0.6 is 0 Å². The number of benzene rings is 1. The first-order valence-electron chi connectivity index (χ1n) is 6.23. The Kier molecular flexibility index (Phi) is 3.08. The molecule has 0 aliphatic heterocycles. The van der Waals surface area contributed by atoms with E-state index in [1.165, 1.54) is 18.3 Å². The van der Waals surface area contributed by atoms with Gasteiger partial charge in [0.05, 0.1) is 11.3 Å². The van der Waals surface area contributed by atoms with E-state index < -0.39 is 11.7 Å². The Hall–Kier alpha value is -2.11. The summed E-state index contributed by atoms with van der Waals surface area (Å²) in [5.41, 5.74) is 1.86. The molecule has 0 fully saturated rings. The van der Waals surface area contributed by atoms with Gasteiger partial charge in [0.1, 0.15) is 0 Å². The molecule has 104 valence electrons. The zero-order valence-electron chi connectivity index (χ0n) is 10.4. The molecule has 1 aromatic heterocycles. The molecule has 0 atom stereocenters. The number of nitrogens with zero attached hydrogens (tertiary/aromatic N) is 2. The average Bonchev–Trinajstić information content (AvgIpc) is 2.99. The molecular weight excluding hydrogens is 269 g/mol. The van der Waals surface area contributed by atoms with Crippen molar-refractivity contribution in [2.24, 2.45) is 4.99 Å². The molecule has 20 heavy (non-hydrogen) atoms. The second-order valence-corrected chi connectivity index (χ2v) is 4.64. The van der Waals surface area contributed by atoms with E-state index >= 15 is 0 Å². The number of aromatic nitrogens is 1. The molecule has 0 N–H and O–H groups in total. The van der Waals surface area contributed by atoms with Crippen LogP contribution < -0.4 is 0 Å². The molecule has 0 radical (unpaired) electrons. The largest absolute Gasteiger partial charge is 0.416 e. The molecule has 0 unspecified atom stereocenters. The first-order valence-corrected chi connectivity index (χ1v) is 6.23. The second kappa shape index (κ2) is 4.77. The van der Waals surface area contributed by atoms with E-state index in [0.717, 1.165) is 42.7 Å². The van der Waals surface area contributed by atoms with Crippen LogP contribution in [-0.2, 0) is 19.0 Å². The molecule has 2 aromatic rings. The van der Waals surface area contributed by atoms with Gasteiger partial charge in [-0.05, 0) is 37.0 Å². The van der Waals surface area contributed by atoms with Gasteiger partial charge in [0, 0.05) is 11.8 Å². The second-order valence-electron chi connectivity index (χ2n) is 4.64. The summed E-state index contributed by atoms with van der Waals surface area (Å²) in [7, 11) is 0. The molecule has 1 aliphatic rings. The molecule has 1 aromatic carbocycles. The Labute approximate surface area is 113 Å². The topological polar surface area (TPSA) is 38.4 Å². The molecule has 0 amide bonds. The lowest BCUT2D eigenvalue weighted by atomic mass is 10.1. The fourth-order valence-electron chi connectivity index (χ4n) is 2.21. The predicted octanol–water partition coefficient (Wildman–Crippen LogP) is 3.93. The van der Waals surface area contributed by atoms with Crippen LogP contribution in [0.3, 0.4) is 0 Å². The van der Waals surface area contributed by atoms with Crippen LogP contribution in [0.2, 0.25) is 0 Å². The van der Waals surface area contributed by atoms with Gasteiger partial charge in [-0.3, -0.25) is 0 Å². The zero-order chi connectivity index (χ0) is 14.2. The maximum absolute atomic E-state index is 12.4. The SMILES string of the molecule is FC(F)(F)c1ccc(C=Nc2onc3c2CCC3)cc1. The predicted molar refractivity (Wildman–Crippen MR) is 67.2 cm³/mol. The summed E-state index contributed by atoms with van der Waals surface area (Å²) in [4.78, 5) is 4.16. The van der Waals surface area contributed by atoms with Gasteiger partial charge in [-0.25, -0.2) is 4.99 Å². The Morgan fingerprint density at radius 2 is 1.90 bits per heavy atom. The van der Waals surface area contributed by atoms with Crippen LogP contribution in [0.15, 0.2) is 33.8 Å². The third kappa shape index (κ3) is 2.45. The lowest BCUT2D eigenvalue weighted by Gasteiger charge is -2.05. The molecule has 1 heterocycles.